The summed E-state index contributed by atoms with van der Waals surface area (Å²) >= 11 is 0. The van der Waals surface area contributed by atoms with E-state index in [9.17, 15) is 4.79 Å². The molecule has 0 saturated carbocycles. The molecule has 0 amide bonds. The number of fused-ring (bicyclic) bond motifs is 3. The number of rotatable bonds is 2. The SMILES string of the molecule is Cn1c(=O)c2ccccc2n2cnc(-c3cn(-c4ccccc4)nn3)c12. The minimum absolute atomic E-state index is 0.0645. The predicted octanol–water partition coefficient (Wildman–Crippen LogP) is 2.43. The number of benzene rings is 2. The Kier molecular flexibility index (Phi) is 3.02. The van der Waals surface area contributed by atoms with Crippen LogP contribution < -0.4 is 5.56 Å². The fraction of sp³-hybridized carbons (Fsp3) is 0.0526. The molecular formula is C19H14N6O. The molecular weight excluding hydrogens is 328 g/mol. The zero-order chi connectivity index (χ0) is 17.7. The van der Waals surface area contributed by atoms with Gasteiger partial charge in [0.2, 0.25) is 0 Å². The molecule has 2 aromatic carbocycles. The Morgan fingerprint density at radius 2 is 1.73 bits per heavy atom. The lowest BCUT2D eigenvalue weighted by molar-refractivity contribution is 0.803. The van der Waals surface area contributed by atoms with Crippen LogP contribution >= 0.6 is 0 Å². The average molecular weight is 342 g/mol. The van der Waals surface area contributed by atoms with Gasteiger partial charge in [-0.15, -0.1) is 5.10 Å². The molecule has 0 N–H and O–H groups in total. The van der Waals surface area contributed by atoms with Crippen molar-refractivity contribution in [1.29, 1.82) is 0 Å². The van der Waals surface area contributed by atoms with Gasteiger partial charge in [0.05, 0.1) is 22.8 Å². The summed E-state index contributed by atoms with van der Waals surface area (Å²) in [5.74, 6) is 0. The maximum absolute atomic E-state index is 12.7. The van der Waals surface area contributed by atoms with Gasteiger partial charge in [-0.25, -0.2) is 9.67 Å². The van der Waals surface area contributed by atoms with Crippen LogP contribution in [0, 0.1) is 0 Å². The molecule has 0 radical (unpaired) electrons. The molecule has 0 spiro atoms. The summed E-state index contributed by atoms with van der Waals surface area (Å²) < 4.78 is 5.21. The molecule has 7 nitrogen and oxygen atoms in total. The maximum atomic E-state index is 12.7. The molecule has 0 bridgehead atoms. The summed E-state index contributed by atoms with van der Waals surface area (Å²) in [6, 6.07) is 17.2. The predicted molar refractivity (Wildman–Crippen MR) is 98.3 cm³/mol. The Hall–Kier alpha value is -3.74. The first kappa shape index (κ1) is 14.6. The van der Waals surface area contributed by atoms with Gasteiger partial charge in [-0.3, -0.25) is 13.8 Å². The highest BCUT2D eigenvalue weighted by Gasteiger charge is 2.17. The molecule has 26 heavy (non-hydrogen) atoms. The van der Waals surface area contributed by atoms with Crippen LogP contribution in [-0.4, -0.2) is 28.9 Å². The normalized spacial score (nSPS) is 11.4. The molecule has 0 unspecified atom stereocenters. The Labute approximate surface area is 147 Å². The van der Waals surface area contributed by atoms with Gasteiger partial charge in [0.25, 0.3) is 5.56 Å². The van der Waals surface area contributed by atoms with Gasteiger partial charge in [-0.05, 0) is 24.3 Å². The highest BCUT2D eigenvalue weighted by atomic mass is 16.1. The van der Waals surface area contributed by atoms with E-state index < -0.39 is 0 Å². The summed E-state index contributed by atoms with van der Waals surface area (Å²) in [5, 5.41) is 9.10. The zero-order valence-electron chi connectivity index (χ0n) is 13.9. The van der Waals surface area contributed by atoms with Crippen LogP contribution in [0.2, 0.25) is 0 Å². The van der Waals surface area contributed by atoms with Gasteiger partial charge in [-0.1, -0.05) is 35.5 Å². The molecule has 0 saturated heterocycles. The summed E-state index contributed by atoms with van der Waals surface area (Å²) in [6.45, 7) is 0. The maximum Gasteiger partial charge on any atom is 0.261 e. The molecule has 0 aliphatic rings. The second-order valence-corrected chi connectivity index (χ2v) is 6.05. The van der Waals surface area contributed by atoms with Crippen LogP contribution in [-0.2, 0) is 7.05 Å². The van der Waals surface area contributed by atoms with Crippen molar-refractivity contribution >= 4 is 16.6 Å². The largest absolute Gasteiger partial charge is 0.295 e. The van der Waals surface area contributed by atoms with Gasteiger partial charge in [-0.2, -0.15) is 0 Å². The molecule has 0 fully saturated rings. The summed E-state index contributed by atoms with van der Waals surface area (Å²) in [4.78, 5) is 17.2. The Morgan fingerprint density at radius 3 is 2.58 bits per heavy atom. The van der Waals surface area contributed by atoms with E-state index in [0.29, 0.717) is 22.4 Å². The monoisotopic (exact) mass is 342 g/mol. The van der Waals surface area contributed by atoms with Crippen molar-refractivity contribution in [2.45, 2.75) is 0 Å². The molecule has 0 aliphatic heterocycles. The summed E-state index contributed by atoms with van der Waals surface area (Å²) in [5.41, 5.74) is 3.59. The fourth-order valence-corrected chi connectivity index (χ4v) is 3.24. The van der Waals surface area contributed by atoms with Crippen molar-refractivity contribution in [3.8, 4) is 17.1 Å². The van der Waals surface area contributed by atoms with E-state index in [1.807, 2.05) is 65.2 Å². The van der Waals surface area contributed by atoms with E-state index in [-0.39, 0.29) is 5.56 Å². The van der Waals surface area contributed by atoms with Crippen molar-refractivity contribution in [3.63, 3.8) is 0 Å². The van der Waals surface area contributed by atoms with E-state index in [1.54, 1.807) is 22.6 Å². The van der Waals surface area contributed by atoms with Crippen molar-refractivity contribution in [2.75, 3.05) is 0 Å². The lowest BCUT2D eigenvalue weighted by Crippen LogP contribution is -2.19. The van der Waals surface area contributed by atoms with Gasteiger partial charge in [0, 0.05) is 7.05 Å². The van der Waals surface area contributed by atoms with E-state index >= 15 is 0 Å². The van der Waals surface area contributed by atoms with E-state index in [0.717, 1.165) is 11.2 Å². The standard InChI is InChI=1S/C19H14N6O/c1-23-18-17(15-11-25(22-21-15)13-7-3-2-4-8-13)20-12-24(18)16-10-6-5-9-14(16)19(23)26/h2-12H,1H3. The second kappa shape index (κ2) is 5.38. The smallest absolute Gasteiger partial charge is 0.261 e. The summed E-state index contributed by atoms with van der Waals surface area (Å²) in [7, 11) is 1.75. The number of nitrogens with zero attached hydrogens (tertiary/aromatic N) is 6. The van der Waals surface area contributed by atoms with Crippen LogP contribution in [0.15, 0.2) is 71.9 Å². The second-order valence-electron chi connectivity index (χ2n) is 6.05. The fourth-order valence-electron chi connectivity index (χ4n) is 3.24. The van der Waals surface area contributed by atoms with E-state index in [1.165, 1.54) is 0 Å². The first-order valence-corrected chi connectivity index (χ1v) is 8.17. The summed E-state index contributed by atoms with van der Waals surface area (Å²) in [6.07, 6.45) is 3.53. The third-order valence-corrected chi connectivity index (χ3v) is 4.52. The third-order valence-electron chi connectivity index (χ3n) is 4.52. The highest BCUT2D eigenvalue weighted by Crippen LogP contribution is 2.23. The number of para-hydroxylation sites is 2. The molecule has 0 atom stereocenters. The van der Waals surface area contributed by atoms with Crippen LogP contribution in [0.5, 0.6) is 0 Å². The first-order chi connectivity index (χ1) is 12.7. The highest BCUT2D eigenvalue weighted by molar-refractivity contribution is 5.84. The molecule has 126 valence electrons. The van der Waals surface area contributed by atoms with Gasteiger partial charge in [0.1, 0.15) is 23.4 Å². The van der Waals surface area contributed by atoms with Crippen molar-refractivity contribution in [3.05, 3.63) is 77.5 Å². The lowest BCUT2D eigenvalue weighted by Gasteiger charge is -2.07. The Morgan fingerprint density at radius 1 is 0.962 bits per heavy atom. The lowest BCUT2D eigenvalue weighted by atomic mass is 10.2. The third kappa shape index (κ3) is 2.00. The number of aryl methyl sites for hydroxylation is 1. The van der Waals surface area contributed by atoms with Crippen molar-refractivity contribution in [2.24, 2.45) is 7.05 Å². The molecule has 7 heteroatoms. The van der Waals surface area contributed by atoms with Crippen LogP contribution in [0.25, 0.3) is 33.6 Å². The Balaban J connectivity index is 1.77. The van der Waals surface area contributed by atoms with E-state index in [2.05, 4.69) is 15.3 Å². The first-order valence-electron chi connectivity index (χ1n) is 8.17. The van der Waals surface area contributed by atoms with Crippen LogP contribution in [0.3, 0.4) is 0 Å². The molecule has 3 heterocycles. The minimum Gasteiger partial charge on any atom is -0.295 e. The van der Waals surface area contributed by atoms with E-state index in [4.69, 9.17) is 0 Å². The number of hydrogen-bond donors (Lipinski definition) is 0. The molecule has 5 rings (SSSR count). The van der Waals surface area contributed by atoms with Gasteiger partial charge in [0.15, 0.2) is 0 Å². The number of imidazole rings is 1. The molecule has 0 aliphatic carbocycles. The Bertz CT molecular complexity index is 1310. The topological polar surface area (TPSA) is 70.0 Å². The quantitative estimate of drug-likeness (QED) is 0.494. The molecule has 3 aromatic heterocycles. The number of hydrogen-bond acceptors (Lipinski definition) is 4. The number of aromatic nitrogens is 6. The molecule has 5 aromatic rings. The van der Waals surface area contributed by atoms with Crippen LogP contribution in [0.1, 0.15) is 0 Å². The van der Waals surface area contributed by atoms with Crippen molar-refractivity contribution in [1.82, 2.24) is 28.9 Å². The van der Waals surface area contributed by atoms with Crippen LogP contribution in [0.4, 0.5) is 0 Å². The van der Waals surface area contributed by atoms with Gasteiger partial charge < -0.3 is 0 Å². The average Bonchev–Trinajstić information content (AvgIpc) is 3.34. The zero-order valence-corrected chi connectivity index (χ0v) is 13.9. The minimum atomic E-state index is -0.0645. The van der Waals surface area contributed by atoms with Crippen molar-refractivity contribution < 1.29 is 0 Å². The van der Waals surface area contributed by atoms with Gasteiger partial charge >= 0.3 is 0 Å².